The van der Waals surface area contributed by atoms with E-state index in [1.807, 2.05) is 0 Å². The maximum Gasteiger partial charge on any atom is 0.339 e. The Bertz CT molecular complexity index is 2310. The van der Waals surface area contributed by atoms with Crippen LogP contribution in [0.3, 0.4) is 0 Å². The van der Waals surface area contributed by atoms with Crippen LogP contribution >= 0.6 is 0 Å². The largest absolute Gasteiger partial charge is 0.504 e. The van der Waals surface area contributed by atoms with Gasteiger partial charge < -0.3 is 89.7 Å². The molecule has 22 heteroatoms. The molecule has 0 amide bonds. The summed E-state index contributed by atoms with van der Waals surface area (Å²) in [6.45, 7) is -1.05. The smallest absolute Gasteiger partial charge is 0.339 e. The number of hydrogen-bond donors (Lipinski definition) is 12. The van der Waals surface area contributed by atoms with Gasteiger partial charge in [-0.05, 0) is 36.4 Å². The zero-order valence-electron chi connectivity index (χ0n) is 28.5. The fraction of sp³-hybridized carbons (Fsp3) is 0.200. The van der Waals surface area contributed by atoms with E-state index in [1.165, 1.54) is 0 Å². The summed E-state index contributed by atoms with van der Waals surface area (Å²) >= 11 is 0. The number of hydrogen-bond acceptors (Lipinski definition) is 22. The highest BCUT2D eigenvalue weighted by molar-refractivity contribution is 6.08. The number of benzene rings is 4. The molecule has 1 fully saturated rings. The molecule has 0 aromatic heterocycles. The number of carbonyl (C=O) groups is 4. The number of phenols is 11. The maximum atomic E-state index is 14.1. The van der Waals surface area contributed by atoms with Crippen molar-refractivity contribution in [3.8, 4) is 80.1 Å². The molecule has 22 nitrogen and oxygen atoms in total. The monoisotopic (exact) mass is 800 g/mol. The van der Waals surface area contributed by atoms with E-state index in [0.717, 1.165) is 13.2 Å². The van der Waals surface area contributed by atoms with Gasteiger partial charge in [0.2, 0.25) is 11.5 Å². The van der Waals surface area contributed by atoms with Crippen molar-refractivity contribution < 1.29 is 109 Å². The number of esters is 4. The van der Waals surface area contributed by atoms with Crippen molar-refractivity contribution in [2.24, 2.45) is 0 Å². The van der Waals surface area contributed by atoms with Crippen LogP contribution in [0.4, 0.5) is 0 Å². The Morgan fingerprint density at radius 1 is 0.596 bits per heavy atom. The summed E-state index contributed by atoms with van der Waals surface area (Å²) in [6, 6.07) is 3.77. The molecule has 3 unspecified atom stereocenters. The van der Waals surface area contributed by atoms with Crippen LogP contribution in [0, 0.1) is 0 Å². The van der Waals surface area contributed by atoms with Crippen molar-refractivity contribution in [3.63, 3.8) is 0 Å². The minimum absolute atomic E-state index is 0.498. The molecule has 1 saturated heterocycles. The average Bonchev–Trinajstić information content (AvgIpc) is 3.18. The third-order valence-electron chi connectivity index (χ3n) is 8.73. The Labute approximate surface area is 315 Å². The molecule has 0 saturated carbocycles. The summed E-state index contributed by atoms with van der Waals surface area (Å²) in [5.74, 6) is -18.9. The predicted molar refractivity (Wildman–Crippen MR) is 178 cm³/mol. The molecule has 2 aliphatic rings. The fourth-order valence-electron chi connectivity index (χ4n) is 5.94. The SMILES string of the molecule is COc1cc2c(c(O)c1O)-c1c(cc(O)c(O)c1O)C(=O)O[C@@H]1C(COC2=O)O[C@@H](O)C(OC(=O)c2cc(O)c(O)c(O)c2)C1OC(=O)c1cc(O)c(O)c(O)c1. The van der Waals surface area contributed by atoms with Crippen LogP contribution in [0.1, 0.15) is 41.4 Å². The van der Waals surface area contributed by atoms with Crippen LogP contribution in [0.25, 0.3) is 11.1 Å². The number of cyclic esters (lactones) is 1. The first kappa shape index (κ1) is 39.0. The Hall–Kier alpha value is -7.72. The van der Waals surface area contributed by atoms with Gasteiger partial charge in [-0.1, -0.05) is 0 Å². The first-order chi connectivity index (χ1) is 26.8. The molecule has 12 N–H and O–H groups in total. The van der Waals surface area contributed by atoms with Crippen molar-refractivity contribution in [2.45, 2.75) is 30.7 Å². The number of carbonyl (C=O) groups excluding carboxylic acids is 4. The molecule has 0 bridgehead atoms. The minimum atomic E-state index is -2.40. The number of aromatic hydroxyl groups is 11. The van der Waals surface area contributed by atoms with E-state index in [-0.39, 0.29) is 0 Å². The second kappa shape index (κ2) is 14.5. The first-order valence-corrected chi connectivity index (χ1v) is 15.9. The van der Waals surface area contributed by atoms with Gasteiger partial charge in [-0.15, -0.1) is 0 Å². The van der Waals surface area contributed by atoms with Gasteiger partial charge in [-0.25, -0.2) is 19.2 Å². The van der Waals surface area contributed by atoms with Gasteiger partial charge in [0, 0.05) is 11.1 Å². The summed E-state index contributed by atoms with van der Waals surface area (Å²) < 4.78 is 32.2. The molecule has 6 rings (SSSR count). The Morgan fingerprint density at radius 2 is 1.05 bits per heavy atom. The second-order valence-electron chi connectivity index (χ2n) is 12.2. The van der Waals surface area contributed by atoms with Crippen LogP contribution in [0.15, 0.2) is 36.4 Å². The number of aliphatic hydroxyl groups excluding tert-OH is 1. The van der Waals surface area contributed by atoms with Crippen molar-refractivity contribution >= 4 is 23.9 Å². The summed E-state index contributed by atoms with van der Waals surface area (Å²) in [5, 5.41) is 124. The van der Waals surface area contributed by atoms with E-state index in [9.17, 15) is 80.5 Å². The molecule has 2 aliphatic heterocycles. The van der Waals surface area contributed by atoms with Crippen molar-refractivity contribution in [1.29, 1.82) is 0 Å². The molecular formula is C35H28O22. The van der Waals surface area contributed by atoms with Gasteiger partial charge >= 0.3 is 23.9 Å². The quantitative estimate of drug-likeness (QED) is 0.0760. The van der Waals surface area contributed by atoms with Gasteiger partial charge in [0.25, 0.3) is 0 Å². The first-order valence-electron chi connectivity index (χ1n) is 15.9. The van der Waals surface area contributed by atoms with Gasteiger partial charge in [0.05, 0.1) is 29.4 Å². The van der Waals surface area contributed by atoms with Gasteiger partial charge in [0.1, 0.15) is 12.7 Å². The number of fused-ring (bicyclic) bond motifs is 4. The molecule has 4 aromatic rings. The number of aliphatic hydroxyl groups is 1. The number of rotatable bonds is 5. The standard InChI is InChI=1S/C35H28O22/c1-52-18-7-12-21(27(46)25(18)44)20-11(6-17(40)24(43)26(20)45)34(50)55-28-19(8-53-33(12)49)54-35(51)30(57-32(48)10-4-15(38)23(42)16(39)5-10)29(28)56-31(47)9-2-13(36)22(41)14(37)3-9/h2-7,19,28-30,35-46,51H,8H2,1H3/t19?,28-,29?,30?,35-/m1/s1. The lowest BCUT2D eigenvalue weighted by atomic mass is 9.91. The summed E-state index contributed by atoms with van der Waals surface area (Å²) in [4.78, 5) is 54.6. The zero-order valence-corrected chi connectivity index (χ0v) is 28.5. The number of methoxy groups -OCH3 is 1. The van der Waals surface area contributed by atoms with Crippen molar-refractivity contribution in [1.82, 2.24) is 0 Å². The van der Waals surface area contributed by atoms with E-state index in [4.69, 9.17) is 28.4 Å². The van der Waals surface area contributed by atoms with Crippen LogP contribution in [-0.4, -0.2) is 130 Å². The lowest BCUT2D eigenvalue weighted by Gasteiger charge is -2.42. The summed E-state index contributed by atoms with van der Waals surface area (Å²) in [5.41, 5.74) is -4.92. The van der Waals surface area contributed by atoms with Gasteiger partial charge in [-0.3, -0.25) is 0 Å². The van der Waals surface area contributed by atoms with E-state index >= 15 is 0 Å². The molecule has 57 heavy (non-hydrogen) atoms. The highest BCUT2D eigenvalue weighted by atomic mass is 16.7. The summed E-state index contributed by atoms with van der Waals surface area (Å²) in [7, 11) is 1.03. The van der Waals surface area contributed by atoms with Crippen LogP contribution in [0.5, 0.6) is 69.0 Å². The molecule has 5 atom stereocenters. The van der Waals surface area contributed by atoms with Gasteiger partial charge in [-0.2, -0.15) is 0 Å². The van der Waals surface area contributed by atoms with Crippen LogP contribution in [-0.2, 0) is 23.7 Å². The van der Waals surface area contributed by atoms with E-state index in [1.54, 1.807) is 0 Å². The van der Waals surface area contributed by atoms with Gasteiger partial charge in [0.15, 0.2) is 82.1 Å². The topological polar surface area (TPSA) is 366 Å². The molecule has 0 spiro atoms. The van der Waals surface area contributed by atoms with E-state index in [0.29, 0.717) is 30.3 Å². The Balaban J connectivity index is 1.52. The third-order valence-corrected chi connectivity index (χ3v) is 8.73. The Morgan fingerprint density at radius 3 is 1.56 bits per heavy atom. The summed E-state index contributed by atoms with van der Waals surface area (Å²) in [6.07, 6.45) is -11.1. The highest BCUT2D eigenvalue weighted by Gasteiger charge is 2.53. The van der Waals surface area contributed by atoms with E-state index < -0.39 is 164 Å². The number of phenolic OH excluding ortho intramolecular Hbond substituents is 11. The molecular weight excluding hydrogens is 772 g/mol. The predicted octanol–water partition coefficient (Wildman–Crippen LogP) is 0.988. The molecule has 300 valence electrons. The zero-order chi connectivity index (χ0) is 41.8. The fourth-order valence-corrected chi connectivity index (χ4v) is 5.94. The minimum Gasteiger partial charge on any atom is -0.504 e. The number of ether oxygens (including phenoxy) is 6. The lowest BCUT2D eigenvalue weighted by Crippen LogP contribution is -2.62. The average molecular weight is 801 g/mol. The molecule has 0 radical (unpaired) electrons. The van der Waals surface area contributed by atoms with E-state index in [2.05, 4.69) is 0 Å². The lowest BCUT2D eigenvalue weighted by molar-refractivity contribution is -0.284. The van der Waals surface area contributed by atoms with Crippen molar-refractivity contribution in [2.75, 3.05) is 13.7 Å². The normalized spacial score (nSPS) is 20.4. The Kier molecular flexibility index (Phi) is 9.92. The van der Waals surface area contributed by atoms with Crippen LogP contribution in [0.2, 0.25) is 0 Å². The highest BCUT2D eigenvalue weighted by Crippen LogP contribution is 2.53. The molecule has 0 aliphatic carbocycles. The molecule has 2 heterocycles. The van der Waals surface area contributed by atoms with Crippen LogP contribution < -0.4 is 4.74 Å². The second-order valence-corrected chi connectivity index (χ2v) is 12.2. The van der Waals surface area contributed by atoms with Crippen molar-refractivity contribution in [3.05, 3.63) is 58.7 Å². The molecule has 4 aromatic carbocycles. The third kappa shape index (κ3) is 6.80. The maximum absolute atomic E-state index is 14.1.